The molecule has 13 heavy (non-hydrogen) atoms. The number of fused-ring (bicyclic) bond motifs is 1. The van der Waals surface area contributed by atoms with Crippen molar-refractivity contribution in [3.63, 3.8) is 0 Å². The van der Waals surface area contributed by atoms with Crippen molar-refractivity contribution in [1.29, 1.82) is 0 Å². The fourth-order valence-electron chi connectivity index (χ4n) is 3.60. The molecule has 0 spiro atoms. The Hall–Kier alpha value is -0.300. The van der Waals surface area contributed by atoms with E-state index >= 15 is 0 Å². The fourth-order valence-corrected chi connectivity index (χ4v) is 3.60. The summed E-state index contributed by atoms with van der Waals surface area (Å²) in [6.07, 6.45) is 7.83. The lowest BCUT2D eigenvalue weighted by molar-refractivity contribution is -0.0237. The Morgan fingerprint density at radius 3 is 2.54 bits per heavy atom. The number of allylic oxidation sites excluding steroid dienone is 1. The van der Waals surface area contributed by atoms with Crippen LogP contribution in [-0.4, -0.2) is 11.2 Å². The molecule has 1 fully saturated rings. The van der Waals surface area contributed by atoms with E-state index in [2.05, 4.69) is 26.8 Å². The van der Waals surface area contributed by atoms with Gasteiger partial charge in [0, 0.05) is 5.92 Å². The lowest BCUT2D eigenvalue weighted by Gasteiger charge is -2.48. The topological polar surface area (TPSA) is 20.2 Å². The Morgan fingerprint density at radius 2 is 1.92 bits per heavy atom. The van der Waals surface area contributed by atoms with Gasteiger partial charge in [0.1, 0.15) is 0 Å². The molecule has 1 N–H and O–H groups in total. The lowest BCUT2D eigenvalue weighted by atomic mass is 9.57. The number of aliphatic hydroxyl groups excluding tert-OH is 1. The van der Waals surface area contributed by atoms with Crippen molar-refractivity contribution in [2.45, 2.75) is 46.1 Å². The average molecular weight is 180 g/mol. The molecule has 0 aliphatic heterocycles. The highest BCUT2D eigenvalue weighted by Crippen LogP contribution is 2.56. The molecule has 1 nitrogen and oxygen atoms in total. The molecule has 1 heteroatoms. The zero-order valence-corrected chi connectivity index (χ0v) is 8.88. The van der Waals surface area contributed by atoms with Crippen LogP contribution in [0, 0.1) is 16.7 Å². The van der Waals surface area contributed by atoms with E-state index in [0.29, 0.717) is 11.3 Å². The van der Waals surface area contributed by atoms with E-state index in [1.807, 2.05) is 6.08 Å². The minimum atomic E-state index is -0.208. The molecule has 2 aliphatic rings. The SMILES string of the molecule is CC1(C)CCC[C@@]2(C)C=CC(O)[C@@H]12. The predicted octanol–water partition coefficient (Wildman–Crippen LogP) is 2.75. The van der Waals surface area contributed by atoms with E-state index in [1.54, 1.807) is 0 Å². The number of hydrogen-bond donors (Lipinski definition) is 1. The first-order valence-electron chi connectivity index (χ1n) is 5.33. The minimum absolute atomic E-state index is 0.208. The van der Waals surface area contributed by atoms with Gasteiger partial charge in [-0.25, -0.2) is 0 Å². The third kappa shape index (κ3) is 1.25. The second-order valence-corrected chi connectivity index (χ2v) is 5.68. The van der Waals surface area contributed by atoms with Gasteiger partial charge in [-0.1, -0.05) is 39.3 Å². The zero-order chi connectivity index (χ0) is 9.69. The van der Waals surface area contributed by atoms with Crippen molar-refractivity contribution in [3.05, 3.63) is 12.2 Å². The van der Waals surface area contributed by atoms with Gasteiger partial charge in [0.25, 0.3) is 0 Å². The van der Waals surface area contributed by atoms with E-state index < -0.39 is 0 Å². The van der Waals surface area contributed by atoms with Gasteiger partial charge in [0.05, 0.1) is 6.10 Å². The smallest absolute Gasteiger partial charge is 0.0762 e. The molecule has 0 radical (unpaired) electrons. The molecular weight excluding hydrogens is 160 g/mol. The van der Waals surface area contributed by atoms with Crippen LogP contribution in [0.15, 0.2) is 12.2 Å². The molecule has 0 aromatic carbocycles. The number of hydrogen-bond acceptors (Lipinski definition) is 1. The minimum Gasteiger partial charge on any atom is -0.389 e. The maximum Gasteiger partial charge on any atom is 0.0762 e. The van der Waals surface area contributed by atoms with E-state index in [9.17, 15) is 5.11 Å². The Morgan fingerprint density at radius 1 is 1.23 bits per heavy atom. The third-order valence-corrected chi connectivity index (χ3v) is 4.10. The molecule has 74 valence electrons. The average Bonchev–Trinajstić information content (AvgIpc) is 2.27. The summed E-state index contributed by atoms with van der Waals surface area (Å²) in [7, 11) is 0. The first kappa shape index (κ1) is 9.26. The lowest BCUT2D eigenvalue weighted by Crippen LogP contribution is -2.43. The largest absolute Gasteiger partial charge is 0.389 e. The molecule has 0 amide bonds. The summed E-state index contributed by atoms with van der Waals surface area (Å²) in [5, 5.41) is 9.94. The van der Waals surface area contributed by atoms with Crippen LogP contribution in [0.4, 0.5) is 0 Å². The van der Waals surface area contributed by atoms with Crippen LogP contribution in [0.3, 0.4) is 0 Å². The van der Waals surface area contributed by atoms with Crippen molar-refractivity contribution in [1.82, 2.24) is 0 Å². The second-order valence-electron chi connectivity index (χ2n) is 5.68. The number of aliphatic hydroxyl groups is 1. The normalized spacial score (nSPS) is 47.7. The van der Waals surface area contributed by atoms with Crippen LogP contribution in [0.1, 0.15) is 40.0 Å². The van der Waals surface area contributed by atoms with Gasteiger partial charge in [-0.3, -0.25) is 0 Å². The van der Waals surface area contributed by atoms with E-state index in [0.717, 1.165) is 0 Å². The highest BCUT2D eigenvalue weighted by atomic mass is 16.3. The molecule has 2 rings (SSSR count). The molecule has 0 aromatic heterocycles. The van der Waals surface area contributed by atoms with Crippen LogP contribution in [0.25, 0.3) is 0 Å². The van der Waals surface area contributed by atoms with E-state index in [-0.39, 0.29) is 11.5 Å². The monoisotopic (exact) mass is 180 g/mol. The predicted molar refractivity (Wildman–Crippen MR) is 54.4 cm³/mol. The Balaban J connectivity index is 2.33. The molecule has 3 atom stereocenters. The molecule has 1 unspecified atom stereocenters. The van der Waals surface area contributed by atoms with Crippen LogP contribution >= 0.6 is 0 Å². The van der Waals surface area contributed by atoms with Gasteiger partial charge in [-0.2, -0.15) is 0 Å². The Kier molecular flexibility index (Phi) is 1.85. The molecule has 2 aliphatic carbocycles. The van der Waals surface area contributed by atoms with Gasteiger partial charge in [-0.15, -0.1) is 0 Å². The quantitative estimate of drug-likeness (QED) is 0.568. The van der Waals surface area contributed by atoms with Crippen LogP contribution < -0.4 is 0 Å². The van der Waals surface area contributed by atoms with Gasteiger partial charge >= 0.3 is 0 Å². The van der Waals surface area contributed by atoms with Gasteiger partial charge in [-0.05, 0) is 23.7 Å². The summed E-state index contributed by atoms with van der Waals surface area (Å²) in [5.41, 5.74) is 0.567. The first-order chi connectivity index (χ1) is 5.96. The molecule has 0 bridgehead atoms. The maximum atomic E-state index is 9.94. The summed E-state index contributed by atoms with van der Waals surface area (Å²) >= 11 is 0. The highest BCUT2D eigenvalue weighted by Gasteiger charge is 2.50. The summed E-state index contributed by atoms with van der Waals surface area (Å²) in [5.74, 6) is 0.439. The standard InChI is InChI=1S/C12H20O/c1-11(2)6-4-7-12(3)8-5-9(13)10(11)12/h5,8-10,13H,4,6-7H2,1-3H3/t9?,10-,12-/m0/s1. The van der Waals surface area contributed by atoms with E-state index in [1.165, 1.54) is 19.3 Å². The molecule has 0 aromatic rings. The molecule has 1 saturated carbocycles. The fraction of sp³-hybridized carbons (Fsp3) is 0.833. The van der Waals surface area contributed by atoms with Crippen LogP contribution in [0.5, 0.6) is 0 Å². The Bertz CT molecular complexity index is 242. The summed E-state index contributed by atoms with van der Waals surface area (Å²) in [6, 6.07) is 0. The summed E-state index contributed by atoms with van der Waals surface area (Å²) in [4.78, 5) is 0. The third-order valence-electron chi connectivity index (χ3n) is 4.10. The van der Waals surface area contributed by atoms with Gasteiger partial charge in [0.2, 0.25) is 0 Å². The molecule has 0 saturated heterocycles. The van der Waals surface area contributed by atoms with Gasteiger partial charge in [0.15, 0.2) is 0 Å². The maximum absolute atomic E-state index is 9.94. The first-order valence-corrected chi connectivity index (χ1v) is 5.33. The zero-order valence-electron chi connectivity index (χ0n) is 8.88. The van der Waals surface area contributed by atoms with Crippen molar-refractivity contribution >= 4 is 0 Å². The van der Waals surface area contributed by atoms with Crippen LogP contribution in [-0.2, 0) is 0 Å². The van der Waals surface area contributed by atoms with Crippen LogP contribution in [0.2, 0.25) is 0 Å². The number of rotatable bonds is 0. The summed E-state index contributed by atoms with van der Waals surface area (Å²) in [6.45, 7) is 6.89. The highest BCUT2D eigenvalue weighted by molar-refractivity contribution is 5.18. The molecular formula is C12H20O. The van der Waals surface area contributed by atoms with Gasteiger partial charge < -0.3 is 5.11 Å². The van der Waals surface area contributed by atoms with Crippen molar-refractivity contribution in [2.24, 2.45) is 16.7 Å². The second kappa shape index (κ2) is 2.60. The Labute approximate surface area is 80.8 Å². The van der Waals surface area contributed by atoms with Crippen molar-refractivity contribution in [2.75, 3.05) is 0 Å². The van der Waals surface area contributed by atoms with Crippen molar-refractivity contribution in [3.8, 4) is 0 Å². The van der Waals surface area contributed by atoms with Crippen molar-refractivity contribution < 1.29 is 5.11 Å². The molecule has 0 heterocycles. The van der Waals surface area contributed by atoms with E-state index in [4.69, 9.17) is 0 Å². The summed E-state index contributed by atoms with van der Waals surface area (Å²) < 4.78 is 0.